The van der Waals surface area contributed by atoms with Crippen LogP contribution in [0.1, 0.15) is 13.3 Å². The molecule has 0 radical (unpaired) electrons. The van der Waals surface area contributed by atoms with Gasteiger partial charge in [0, 0.05) is 20.4 Å². The van der Waals surface area contributed by atoms with Gasteiger partial charge in [-0.05, 0) is 55.1 Å². The van der Waals surface area contributed by atoms with Crippen molar-refractivity contribution < 1.29 is 9.00 Å². The first-order valence-electron chi connectivity index (χ1n) is 7.27. The summed E-state index contributed by atoms with van der Waals surface area (Å²) in [6.45, 7) is 1.86. The topological polar surface area (TPSA) is 72.2 Å². The largest absolute Gasteiger partial charge is 0.325 e. The molecule has 0 fully saturated rings. The minimum absolute atomic E-state index is 0.236. The van der Waals surface area contributed by atoms with Crippen LogP contribution >= 0.6 is 11.8 Å². The van der Waals surface area contributed by atoms with Crippen LogP contribution in [0.15, 0.2) is 63.2 Å². The number of thioether (sulfide) groups is 1. The number of hydrogen-bond donors (Lipinski definition) is 2. The normalized spacial score (nSPS) is 13.3. The summed E-state index contributed by atoms with van der Waals surface area (Å²) in [6.07, 6.45) is 2.57. The zero-order valence-electron chi connectivity index (χ0n) is 13.1. The number of rotatable bonds is 6. The zero-order valence-corrected chi connectivity index (χ0v) is 14.7. The minimum Gasteiger partial charge on any atom is -0.325 e. The summed E-state index contributed by atoms with van der Waals surface area (Å²) in [4.78, 5) is 14.4. The molecule has 0 saturated carbocycles. The van der Waals surface area contributed by atoms with E-state index >= 15 is 0 Å². The van der Waals surface area contributed by atoms with E-state index in [9.17, 15) is 9.00 Å². The predicted molar refractivity (Wildman–Crippen MR) is 96.2 cm³/mol. The number of nitrogens with two attached hydrogens (primary N) is 1. The Hall–Kier alpha value is -1.63. The lowest BCUT2D eigenvalue weighted by atomic mass is 10.2. The Morgan fingerprint density at radius 3 is 2.52 bits per heavy atom. The second-order valence-electron chi connectivity index (χ2n) is 4.98. The van der Waals surface area contributed by atoms with E-state index in [1.807, 2.05) is 37.4 Å². The number of amides is 1. The van der Waals surface area contributed by atoms with E-state index in [0.717, 1.165) is 9.79 Å². The SMILES string of the molecule is CCC(N)C(=O)Nc1cccc(S(=O)c2ccc(SC)cc2)c1. The van der Waals surface area contributed by atoms with Gasteiger partial charge in [-0.25, -0.2) is 4.21 Å². The Labute approximate surface area is 143 Å². The molecule has 0 aromatic heterocycles. The van der Waals surface area contributed by atoms with Crippen molar-refractivity contribution in [1.29, 1.82) is 0 Å². The summed E-state index contributed by atoms with van der Waals surface area (Å²) >= 11 is 1.64. The number of nitrogens with one attached hydrogen (secondary N) is 1. The third kappa shape index (κ3) is 4.67. The van der Waals surface area contributed by atoms with Crippen molar-refractivity contribution in [2.24, 2.45) is 5.73 Å². The van der Waals surface area contributed by atoms with Gasteiger partial charge in [-0.3, -0.25) is 4.79 Å². The Morgan fingerprint density at radius 1 is 1.22 bits per heavy atom. The fourth-order valence-electron chi connectivity index (χ4n) is 1.94. The summed E-state index contributed by atoms with van der Waals surface area (Å²) in [6, 6.07) is 14.1. The van der Waals surface area contributed by atoms with Crippen LogP contribution in [0.2, 0.25) is 0 Å². The number of hydrogen-bond acceptors (Lipinski definition) is 4. The number of carbonyl (C=O) groups excluding carboxylic acids is 1. The van der Waals surface area contributed by atoms with Gasteiger partial charge in [0.05, 0.1) is 16.8 Å². The van der Waals surface area contributed by atoms with E-state index in [1.54, 1.807) is 36.0 Å². The third-order valence-corrected chi connectivity index (χ3v) is 5.49. The molecular weight excluding hydrogens is 328 g/mol. The van der Waals surface area contributed by atoms with Crippen LogP contribution in [0, 0.1) is 0 Å². The fourth-order valence-corrected chi connectivity index (χ4v) is 3.44. The number of carbonyl (C=O) groups is 1. The second-order valence-corrected chi connectivity index (χ2v) is 7.34. The van der Waals surface area contributed by atoms with Crippen LogP contribution in [-0.2, 0) is 15.6 Å². The van der Waals surface area contributed by atoms with Crippen molar-refractivity contribution in [3.63, 3.8) is 0 Å². The molecule has 0 spiro atoms. The Morgan fingerprint density at radius 2 is 1.91 bits per heavy atom. The molecule has 122 valence electrons. The lowest BCUT2D eigenvalue weighted by molar-refractivity contribution is -0.117. The molecule has 3 N–H and O–H groups in total. The summed E-state index contributed by atoms with van der Waals surface area (Å²) in [5.74, 6) is -0.236. The number of anilines is 1. The van der Waals surface area contributed by atoms with Crippen molar-refractivity contribution in [2.75, 3.05) is 11.6 Å². The van der Waals surface area contributed by atoms with Crippen LogP contribution in [0.25, 0.3) is 0 Å². The van der Waals surface area contributed by atoms with Crippen LogP contribution in [-0.4, -0.2) is 22.4 Å². The van der Waals surface area contributed by atoms with Gasteiger partial charge in [-0.1, -0.05) is 13.0 Å². The van der Waals surface area contributed by atoms with Gasteiger partial charge in [0.2, 0.25) is 5.91 Å². The first kappa shape index (κ1) is 17.7. The van der Waals surface area contributed by atoms with Gasteiger partial charge in [-0.15, -0.1) is 11.8 Å². The van der Waals surface area contributed by atoms with Gasteiger partial charge >= 0.3 is 0 Å². The summed E-state index contributed by atoms with van der Waals surface area (Å²) in [7, 11) is -1.29. The smallest absolute Gasteiger partial charge is 0.241 e. The van der Waals surface area contributed by atoms with Crippen molar-refractivity contribution in [3.8, 4) is 0 Å². The molecule has 0 saturated heterocycles. The molecule has 2 rings (SSSR count). The lowest BCUT2D eigenvalue weighted by Crippen LogP contribution is -2.34. The lowest BCUT2D eigenvalue weighted by Gasteiger charge is -2.11. The molecule has 0 aliphatic heterocycles. The molecule has 2 atom stereocenters. The fraction of sp³-hybridized carbons (Fsp3) is 0.235. The van der Waals surface area contributed by atoms with Crippen molar-refractivity contribution in [3.05, 3.63) is 48.5 Å². The average Bonchev–Trinajstić information content (AvgIpc) is 2.60. The highest BCUT2D eigenvalue weighted by Crippen LogP contribution is 2.22. The molecular formula is C17H20N2O2S2. The number of benzene rings is 2. The highest BCUT2D eigenvalue weighted by molar-refractivity contribution is 7.98. The summed E-state index contributed by atoms with van der Waals surface area (Å²) < 4.78 is 12.6. The van der Waals surface area contributed by atoms with Gasteiger partial charge in [0.25, 0.3) is 0 Å². The van der Waals surface area contributed by atoms with Crippen LogP contribution in [0.4, 0.5) is 5.69 Å². The highest BCUT2D eigenvalue weighted by Gasteiger charge is 2.12. The second kappa shape index (κ2) is 8.29. The first-order valence-corrected chi connectivity index (χ1v) is 9.65. The maximum Gasteiger partial charge on any atom is 0.241 e. The van der Waals surface area contributed by atoms with E-state index in [2.05, 4.69) is 5.32 Å². The summed E-state index contributed by atoms with van der Waals surface area (Å²) in [5.41, 5.74) is 6.31. The molecule has 0 aliphatic rings. The monoisotopic (exact) mass is 348 g/mol. The van der Waals surface area contributed by atoms with Crippen molar-refractivity contribution in [2.45, 2.75) is 34.1 Å². The average molecular weight is 348 g/mol. The Bertz CT molecular complexity index is 702. The highest BCUT2D eigenvalue weighted by atomic mass is 32.2. The molecule has 2 aromatic rings. The van der Waals surface area contributed by atoms with Crippen LogP contribution in [0.3, 0.4) is 0 Å². The maximum absolute atomic E-state index is 12.6. The summed E-state index contributed by atoms with van der Waals surface area (Å²) in [5, 5.41) is 2.76. The van der Waals surface area contributed by atoms with E-state index in [-0.39, 0.29) is 5.91 Å². The molecule has 2 aromatic carbocycles. The Balaban J connectivity index is 2.18. The molecule has 1 amide bonds. The van der Waals surface area contributed by atoms with Gasteiger partial charge in [0.1, 0.15) is 0 Å². The molecule has 23 heavy (non-hydrogen) atoms. The van der Waals surface area contributed by atoms with E-state index < -0.39 is 16.8 Å². The van der Waals surface area contributed by atoms with Crippen molar-refractivity contribution >= 4 is 34.2 Å². The van der Waals surface area contributed by atoms with Gasteiger partial charge in [-0.2, -0.15) is 0 Å². The molecule has 6 heteroatoms. The molecule has 0 heterocycles. The molecule has 0 bridgehead atoms. The quantitative estimate of drug-likeness (QED) is 0.786. The van der Waals surface area contributed by atoms with Gasteiger partial charge < -0.3 is 11.1 Å². The Kier molecular flexibility index (Phi) is 6.38. The van der Waals surface area contributed by atoms with E-state index in [1.165, 1.54) is 0 Å². The first-order chi connectivity index (χ1) is 11.0. The van der Waals surface area contributed by atoms with E-state index in [4.69, 9.17) is 5.73 Å². The van der Waals surface area contributed by atoms with Crippen LogP contribution < -0.4 is 11.1 Å². The standard InChI is InChI=1S/C17H20N2O2S2/c1-3-16(18)17(20)19-12-5-4-6-15(11-12)23(21)14-9-7-13(22-2)8-10-14/h4-11,16H,3,18H2,1-2H3,(H,19,20). The van der Waals surface area contributed by atoms with Crippen LogP contribution in [0.5, 0.6) is 0 Å². The predicted octanol–water partition coefficient (Wildman–Crippen LogP) is 3.25. The maximum atomic E-state index is 12.6. The molecule has 2 unspecified atom stereocenters. The third-order valence-electron chi connectivity index (χ3n) is 3.37. The molecule has 0 aliphatic carbocycles. The van der Waals surface area contributed by atoms with E-state index in [0.29, 0.717) is 17.0 Å². The molecule has 4 nitrogen and oxygen atoms in total. The zero-order chi connectivity index (χ0) is 16.8. The van der Waals surface area contributed by atoms with Crippen molar-refractivity contribution in [1.82, 2.24) is 0 Å². The minimum atomic E-state index is -1.29. The van der Waals surface area contributed by atoms with Gasteiger partial charge in [0.15, 0.2) is 0 Å².